The molecule has 0 spiro atoms. The summed E-state index contributed by atoms with van der Waals surface area (Å²) in [7, 11) is 1.96. The Kier molecular flexibility index (Phi) is 5.01. The molecule has 0 saturated carbocycles. The Hall–Kier alpha value is -3.52. The second-order valence-corrected chi connectivity index (χ2v) is 9.43. The van der Waals surface area contributed by atoms with Crippen molar-refractivity contribution in [3.05, 3.63) is 64.9 Å². The fraction of sp³-hybridized carbons (Fsp3) is 0.250. The van der Waals surface area contributed by atoms with Crippen LogP contribution in [0.25, 0.3) is 32.6 Å². The number of nitrogens with zero attached hydrogens (tertiary/aromatic N) is 5. The van der Waals surface area contributed by atoms with Crippen LogP contribution >= 0.6 is 11.3 Å². The number of amides is 1. The lowest BCUT2D eigenvalue weighted by molar-refractivity contribution is 0.0951. The Labute approximate surface area is 189 Å². The van der Waals surface area contributed by atoms with E-state index >= 15 is 0 Å². The van der Waals surface area contributed by atoms with Gasteiger partial charge in [0.2, 0.25) is 0 Å². The highest BCUT2D eigenvalue weighted by Gasteiger charge is 2.19. The number of aromatic nitrogens is 5. The quantitative estimate of drug-likeness (QED) is 0.420. The first-order valence-corrected chi connectivity index (χ1v) is 11.4. The summed E-state index contributed by atoms with van der Waals surface area (Å²) >= 11 is 1.66. The molecule has 8 heteroatoms. The average molecular weight is 445 g/mol. The van der Waals surface area contributed by atoms with Crippen LogP contribution in [0.2, 0.25) is 0 Å². The van der Waals surface area contributed by atoms with Gasteiger partial charge in [-0.3, -0.25) is 4.79 Å². The predicted octanol–water partition coefficient (Wildman–Crippen LogP) is 4.87. The maximum atomic E-state index is 13.3. The van der Waals surface area contributed by atoms with Gasteiger partial charge in [-0.05, 0) is 51.1 Å². The maximum Gasteiger partial charge on any atom is 0.252 e. The number of hydrogen-bond donors (Lipinski definition) is 1. The number of benzene rings is 1. The summed E-state index contributed by atoms with van der Waals surface area (Å²) in [5.41, 5.74) is 4.03. The number of fused-ring (bicyclic) bond motifs is 2. The second-order valence-electron chi connectivity index (χ2n) is 8.14. The van der Waals surface area contributed by atoms with Crippen LogP contribution in [0.1, 0.15) is 40.9 Å². The molecule has 5 rings (SSSR count). The number of aryl methyl sites for hydroxylation is 2. The van der Waals surface area contributed by atoms with Gasteiger partial charge in [0.15, 0.2) is 5.65 Å². The normalized spacial score (nSPS) is 11.7. The molecule has 0 fully saturated rings. The molecule has 0 unspecified atom stereocenters. The van der Waals surface area contributed by atoms with Gasteiger partial charge < -0.3 is 9.88 Å². The number of para-hydroxylation sites is 2. The molecule has 1 amide bonds. The van der Waals surface area contributed by atoms with Crippen molar-refractivity contribution in [1.82, 2.24) is 29.6 Å². The number of carbonyl (C=O) groups excluding carboxylic acids is 1. The minimum atomic E-state index is -0.165. The van der Waals surface area contributed by atoms with Crippen molar-refractivity contribution < 1.29 is 4.79 Å². The highest BCUT2D eigenvalue weighted by atomic mass is 32.1. The molecule has 0 atom stereocenters. The van der Waals surface area contributed by atoms with Crippen LogP contribution in [-0.2, 0) is 13.6 Å². The van der Waals surface area contributed by atoms with Gasteiger partial charge in [0.25, 0.3) is 5.91 Å². The zero-order chi connectivity index (χ0) is 22.4. The third-order valence-corrected chi connectivity index (χ3v) is 6.60. The smallest absolute Gasteiger partial charge is 0.252 e. The van der Waals surface area contributed by atoms with E-state index in [1.165, 1.54) is 4.88 Å². The SMILES string of the molecule is Cc1ccc(-c2cc(C(=O)NCc3nc4ccccc4n3C)c3cnn(C(C)C)c3n2)s1. The van der Waals surface area contributed by atoms with E-state index in [0.717, 1.165) is 38.5 Å². The van der Waals surface area contributed by atoms with Crippen LogP contribution < -0.4 is 5.32 Å². The van der Waals surface area contributed by atoms with Crippen LogP contribution in [0.4, 0.5) is 0 Å². The first-order chi connectivity index (χ1) is 15.4. The van der Waals surface area contributed by atoms with Crippen LogP contribution in [0.3, 0.4) is 0 Å². The molecule has 32 heavy (non-hydrogen) atoms. The summed E-state index contributed by atoms with van der Waals surface area (Å²) in [6.45, 7) is 6.51. The van der Waals surface area contributed by atoms with E-state index in [4.69, 9.17) is 4.98 Å². The van der Waals surface area contributed by atoms with Gasteiger partial charge in [-0.1, -0.05) is 12.1 Å². The molecule has 0 aliphatic heterocycles. The van der Waals surface area contributed by atoms with Gasteiger partial charge in [0.1, 0.15) is 5.82 Å². The van der Waals surface area contributed by atoms with Crippen LogP contribution in [0.5, 0.6) is 0 Å². The van der Waals surface area contributed by atoms with E-state index in [1.54, 1.807) is 17.5 Å². The third kappa shape index (κ3) is 3.46. The van der Waals surface area contributed by atoms with Gasteiger partial charge in [-0.15, -0.1) is 11.3 Å². The van der Waals surface area contributed by atoms with Crippen molar-refractivity contribution >= 4 is 39.3 Å². The van der Waals surface area contributed by atoms with Crippen molar-refractivity contribution in [2.24, 2.45) is 7.05 Å². The maximum absolute atomic E-state index is 13.3. The van der Waals surface area contributed by atoms with Crippen molar-refractivity contribution in [2.75, 3.05) is 0 Å². The van der Waals surface area contributed by atoms with Crippen molar-refractivity contribution in [1.29, 1.82) is 0 Å². The minimum Gasteiger partial charge on any atom is -0.345 e. The molecule has 5 aromatic rings. The molecule has 4 aromatic heterocycles. The highest BCUT2D eigenvalue weighted by molar-refractivity contribution is 7.15. The van der Waals surface area contributed by atoms with Crippen LogP contribution in [0, 0.1) is 6.92 Å². The van der Waals surface area contributed by atoms with E-state index in [1.807, 2.05) is 52.7 Å². The Morgan fingerprint density at radius 2 is 1.97 bits per heavy atom. The Morgan fingerprint density at radius 3 is 2.69 bits per heavy atom. The van der Waals surface area contributed by atoms with E-state index in [2.05, 4.69) is 42.2 Å². The first-order valence-electron chi connectivity index (χ1n) is 10.6. The van der Waals surface area contributed by atoms with Crippen LogP contribution in [-0.4, -0.2) is 30.2 Å². The summed E-state index contributed by atoms with van der Waals surface area (Å²) in [4.78, 5) is 25.1. The molecule has 7 nitrogen and oxygen atoms in total. The van der Waals surface area contributed by atoms with Crippen LogP contribution in [0.15, 0.2) is 48.7 Å². The lowest BCUT2D eigenvalue weighted by atomic mass is 10.1. The molecule has 4 heterocycles. The zero-order valence-electron chi connectivity index (χ0n) is 18.5. The Balaban J connectivity index is 1.53. The fourth-order valence-corrected chi connectivity index (χ4v) is 4.72. The number of carbonyl (C=O) groups is 1. The Bertz CT molecular complexity index is 1460. The zero-order valence-corrected chi connectivity index (χ0v) is 19.3. The van der Waals surface area contributed by atoms with Gasteiger partial charge >= 0.3 is 0 Å². The third-order valence-electron chi connectivity index (χ3n) is 5.58. The van der Waals surface area contributed by atoms with Crippen molar-refractivity contribution in [2.45, 2.75) is 33.4 Å². The molecule has 0 radical (unpaired) electrons. The van der Waals surface area contributed by atoms with Gasteiger partial charge in [0, 0.05) is 18.0 Å². The lowest BCUT2D eigenvalue weighted by Crippen LogP contribution is -2.24. The number of thiophene rings is 1. The largest absolute Gasteiger partial charge is 0.345 e. The Morgan fingerprint density at radius 1 is 1.16 bits per heavy atom. The predicted molar refractivity (Wildman–Crippen MR) is 128 cm³/mol. The number of imidazole rings is 1. The number of rotatable bonds is 5. The fourth-order valence-electron chi connectivity index (χ4n) is 3.89. The summed E-state index contributed by atoms with van der Waals surface area (Å²) in [5.74, 6) is 0.638. The summed E-state index contributed by atoms with van der Waals surface area (Å²) in [6.07, 6.45) is 1.73. The minimum absolute atomic E-state index is 0.135. The standard InChI is InChI=1S/C24H24N6OS/c1-14(2)30-23-17(12-26-30)16(11-19(28-23)21-10-9-15(3)32-21)24(31)25-13-22-27-18-7-5-6-8-20(18)29(22)4/h5-12,14H,13H2,1-4H3,(H,25,31). The number of hydrogen-bond acceptors (Lipinski definition) is 5. The molecule has 1 aromatic carbocycles. The number of nitrogens with one attached hydrogen (secondary N) is 1. The van der Waals surface area contributed by atoms with E-state index in [0.29, 0.717) is 12.1 Å². The van der Waals surface area contributed by atoms with E-state index < -0.39 is 0 Å². The number of pyridine rings is 1. The molecule has 0 bridgehead atoms. The van der Waals surface area contributed by atoms with Gasteiger partial charge in [-0.25, -0.2) is 14.6 Å². The van der Waals surface area contributed by atoms with E-state index in [-0.39, 0.29) is 11.9 Å². The molecule has 1 N–H and O–H groups in total. The molecule has 0 aliphatic carbocycles. The van der Waals surface area contributed by atoms with Crippen molar-refractivity contribution in [3.8, 4) is 10.6 Å². The first kappa shape index (κ1) is 20.4. The summed E-state index contributed by atoms with van der Waals surface area (Å²) < 4.78 is 3.87. The molecular weight excluding hydrogens is 420 g/mol. The molecule has 162 valence electrons. The lowest BCUT2D eigenvalue weighted by Gasteiger charge is -2.10. The van der Waals surface area contributed by atoms with Crippen molar-refractivity contribution in [3.63, 3.8) is 0 Å². The second kappa shape index (κ2) is 7.87. The van der Waals surface area contributed by atoms with Gasteiger partial charge in [-0.2, -0.15) is 5.10 Å². The topological polar surface area (TPSA) is 77.6 Å². The molecular formula is C24H24N6OS. The van der Waals surface area contributed by atoms with Gasteiger partial charge in [0.05, 0.1) is 45.3 Å². The summed E-state index contributed by atoms with van der Waals surface area (Å²) in [6, 6.07) is 14.1. The average Bonchev–Trinajstić information content (AvgIpc) is 3.48. The highest BCUT2D eigenvalue weighted by Crippen LogP contribution is 2.30. The molecule has 0 saturated heterocycles. The summed E-state index contributed by atoms with van der Waals surface area (Å²) in [5, 5.41) is 8.30. The molecule has 0 aliphatic rings. The van der Waals surface area contributed by atoms with E-state index in [9.17, 15) is 4.79 Å². The monoisotopic (exact) mass is 444 g/mol.